The molecule has 1 aliphatic carbocycles. The van der Waals surface area contributed by atoms with Gasteiger partial charge in [-0.25, -0.2) is 5.43 Å². The van der Waals surface area contributed by atoms with Crippen LogP contribution in [0.3, 0.4) is 0 Å². The molecule has 0 unspecified atom stereocenters. The van der Waals surface area contributed by atoms with Gasteiger partial charge >= 0.3 is 0 Å². The predicted molar refractivity (Wildman–Crippen MR) is 82.9 cm³/mol. The van der Waals surface area contributed by atoms with Gasteiger partial charge in [-0.1, -0.05) is 17.7 Å². The molecule has 0 atom stereocenters. The maximum atomic E-state index is 12.0. The molecule has 114 valence electrons. The summed E-state index contributed by atoms with van der Waals surface area (Å²) in [5.74, 6) is 0.0455. The van der Waals surface area contributed by atoms with Crippen LogP contribution in [0.5, 0.6) is 5.75 Å². The van der Waals surface area contributed by atoms with Gasteiger partial charge in [-0.2, -0.15) is 5.10 Å². The van der Waals surface area contributed by atoms with E-state index in [9.17, 15) is 9.59 Å². The second-order valence-corrected chi connectivity index (χ2v) is 5.37. The summed E-state index contributed by atoms with van der Waals surface area (Å²) in [6.45, 7) is 1.91. The average molecular weight is 299 g/mol. The van der Waals surface area contributed by atoms with E-state index in [4.69, 9.17) is 4.74 Å². The van der Waals surface area contributed by atoms with Gasteiger partial charge in [0.2, 0.25) is 0 Å². The number of ether oxygens (including phenoxy) is 1. The van der Waals surface area contributed by atoms with Crippen molar-refractivity contribution in [3.8, 4) is 5.75 Å². The minimum absolute atomic E-state index is 0.0548. The summed E-state index contributed by atoms with van der Waals surface area (Å²) in [4.78, 5) is 25.4. The van der Waals surface area contributed by atoms with Crippen LogP contribution >= 0.6 is 0 Å². The zero-order chi connectivity index (χ0) is 15.5. The molecular formula is C16H17N3O3. The first kappa shape index (κ1) is 14.3. The number of allylic oxidation sites excluding steroid dienone is 2. The molecule has 2 amide bonds. The summed E-state index contributed by atoms with van der Waals surface area (Å²) >= 11 is 0. The van der Waals surface area contributed by atoms with Crippen molar-refractivity contribution >= 4 is 23.2 Å². The number of nitrogens with zero attached hydrogens (tertiary/aromatic N) is 2. The first-order valence-corrected chi connectivity index (χ1v) is 7.18. The maximum Gasteiger partial charge on any atom is 0.265 e. The number of para-hydroxylation sites is 2. The van der Waals surface area contributed by atoms with Crippen LogP contribution < -0.4 is 15.1 Å². The van der Waals surface area contributed by atoms with Crippen molar-refractivity contribution in [1.29, 1.82) is 0 Å². The van der Waals surface area contributed by atoms with Gasteiger partial charge in [0, 0.05) is 0 Å². The Bertz CT molecular complexity index is 679. The molecule has 0 saturated carbocycles. The average Bonchev–Trinajstić information content (AvgIpc) is 2.94. The molecule has 0 spiro atoms. The van der Waals surface area contributed by atoms with Gasteiger partial charge in [0.25, 0.3) is 11.8 Å². The third-order valence-electron chi connectivity index (χ3n) is 3.62. The number of hydrogen-bond acceptors (Lipinski definition) is 4. The van der Waals surface area contributed by atoms with Crippen LogP contribution in [0.2, 0.25) is 0 Å². The van der Waals surface area contributed by atoms with Crippen LogP contribution in [-0.4, -0.2) is 30.7 Å². The molecule has 6 nitrogen and oxygen atoms in total. The van der Waals surface area contributed by atoms with E-state index in [-0.39, 0.29) is 25.0 Å². The molecule has 1 aromatic carbocycles. The molecule has 1 N–H and O–H groups in total. The second-order valence-electron chi connectivity index (χ2n) is 5.37. The number of carbonyl (C=O) groups excluding carboxylic acids is 2. The Hall–Kier alpha value is -2.63. The van der Waals surface area contributed by atoms with Crippen molar-refractivity contribution in [2.75, 3.05) is 18.1 Å². The van der Waals surface area contributed by atoms with Crippen molar-refractivity contribution in [2.24, 2.45) is 5.10 Å². The summed E-state index contributed by atoms with van der Waals surface area (Å²) in [6.07, 6.45) is 3.78. The van der Waals surface area contributed by atoms with Crippen molar-refractivity contribution in [1.82, 2.24) is 5.43 Å². The highest BCUT2D eigenvalue weighted by Gasteiger charge is 2.26. The minimum Gasteiger partial charge on any atom is -0.482 e. The summed E-state index contributed by atoms with van der Waals surface area (Å²) in [7, 11) is 0. The Balaban J connectivity index is 1.68. The molecule has 0 fully saturated rings. The van der Waals surface area contributed by atoms with Gasteiger partial charge in [-0.15, -0.1) is 0 Å². The summed E-state index contributed by atoms with van der Waals surface area (Å²) in [5.41, 5.74) is 5.24. The number of hydrogen-bond donors (Lipinski definition) is 1. The van der Waals surface area contributed by atoms with E-state index in [1.54, 1.807) is 18.2 Å². The standard InChI is InChI=1S/C16H17N3O3/c1-11-6-7-12(8-11)17-18-15(20)9-19-13-4-2-3-5-14(13)22-10-16(19)21/h2-5,8H,6-7,9-10H2,1H3,(H,18,20)/b17-12+. The SMILES string of the molecule is CC1=C/C(=N/NC(=O)CN2C(=O)COc3ccccc32)CC1. The van der Waals surface area contributed by atoms with Gasteiger partial charge in [-0.3, -0.25) is 14.5 Å². The molecular weight excluding hydrogens is 282 g/mol. The van der Waals surface area contributed by atoms with Crippen LogP contribution in [0, 0.1) is 0 Å². The zero-order valence-electron chi connectivity index (χ0n) is 12.3. The third-order valence-corrected chi connectivity index (χ3v) is 3.62. The number of nitrogens with one attached hydrogen (secondary N) is 1. The molecule has 0 radical (unpaired) electrons. The lowest BCUT2D eigenvalue weighted by molar-refractivity contribution is -0.125. The lowest BCUT2D eigenvalue weighted by atomic mass is 10.2. The van der Waals surface area contributed by atoms with Gasteiger partial charge < -0.3 is 4.74 Å². The van der Waals surface area contributed by atoms with E-state index in [2.05, 4.69) is 10.5 Å². The third kappa shape index (κ3) is 3.00. The Morgan fingerprint density at radius 2 is 2.18 bits per heavy atom. The summed E-state index contributed by atoms with van der Waals surface area (Å²) < 4.78 is 5.34. The molecule has 6 heteroatoms. The van der Waals surface area contributed by atoms with E-state index in [0.717, 1.165) is 18.6 Å². The van der Waals surface area contributed by atoms with Crippen LogP contribution in [0.4, 0.5) is 5.69 Å². The maximum absolute atomic E-state index is 12.0. The largest absolute Gasteiger partial charge is 0.482 e. The fraction of sp³-hybridized carbons (Fsp3) is 0.312. The fourth-order valence-corrected chi connectivity index (χ4v) is 2.48. The Kier molecular flexibility index (Phi) is 3.91. The van der Waals surface area contributed by atoms with E-state index in [1.165, 1.54) is 10.5 Å². The Labute approximate surface area is 128 Å². The van der Waals surface area contributed by atoms with E-state index < -0.39 is 0 Å². The van der Waals surface area contributed by atoms with E-state index >= 15 is 0 Å². The van der Waals surface area contributed by atoms with Crippen molar-refractivity contribution in [3.05, 3.63) is 35.9 Å². The molecule has 1 aliphatic heterocycles. The monoisotopic (exact) mass is 299 g/mol. The van der Waals surface area contributed by atoms with Crippen molar-refractivity contribution in [3.63, 3.8) is 0 Å². The van der Waals surface area contributed by atoms with Crippen LogP contribution in [0.15, 0.2) is 41.0 Å². The lowest BCUT2D eigenvalue weighted by Gasteiger charge is -2.28. The first-order chi connectivity index (χ1) is 10.6. The van der Waals surface area contributed by atoms with E-state index in [0.29, 0.717) is 11.4 Å². The zero-order valence-corrected chi connectivity index (χ0v) is 12.3. The van der Waals surface area contributed by atoms with Gasteiger partial charge in [-0.05, 0) is 38.0 Å². The Morgan fingerprint density at radius 3 is 2.95 bits per heavy atom. The first-order valence-electron chi connectivity index (χ1n) is 7.18. The summed E-state index contributed by atoms with van der Waals surface area (Å²) in [6, 6.07) is 7.17. The number of carbonyl (C=O) groups is 2. The molecule has 2 aliphatic rings. The number of rotatable bonds is 3. The highest BCUT2D eigenvalue weighted by atomic mass is 16.5. The highest BCUT2D eigenvalue weighted by Crippen LogP contribution is 2.31. The van der Waals surface area contributed by atoms with Crippen LogP contribution in [0.1, 0.15) is 19.8 Å². The molecule has 1 heterocycles. The lowest BCUT2D eigenvalue weighted by Crippen LogP contribution is -2.44. The fourth-order valence-electron chi connectivity index (χ4n) is 2.48. The molecule has 0 aromatic heterocycles. The molecule has 0 bridgehead atoms. The molecule has 22 heavy (non-hydrogen) atoms. The minimum atomic E-state index is -0.324. The second kappa shape index (κ2) is 6.01. The quantitative estimate of drug-likeness (QED) is 0.862. The van der Waals surface area contributed by atoms with Crippen molar-refractivity contribution < 1.29 is 14.3 Å². The van der Waals surface area contributed by atoms with Crippen molar-refractivity contribution in [2.45, 2.75) is 19.8 Å². The van der Waals surface area contributed by atoms with Gasteiger partial charge in [0.15, 0.2) is 6.61 Å². The molecule has 0 saturated heterocycles. The number of hydrazone groups is 1. The van der Waals surface area contributed by atoms with Gasteiger partial charge in [0.05, 0.1) is 11.4 Å². The number of benzene rings is 1. The number of amides is 2. The Morgan fingerprint density at radius 1 is 1.36 bits per heavy atom. The summed E-state index contributed by atoms with van der Waals surface area (Å²) in [5, 5.41) is 4.09. The smallest absolute Gasteiger partial charge is 0.265 e. The number of anilines is 1. The number of fused-ring (bicyclic) bond motifs is 1. The van der Waals surface area contributed by atoms with E-state index in [1.807, 2.05) is 19.1 Å². The normalized spacial score (nSPS) is 18.8. The molecule has 3 rings (SSSR count). The predicted octanol–water partition coefficient (Wildman–Crippen LogP) is 1.62. The van der Waals surface area contributed by atoms with Crippen LogP contribution in [0.25, 0.3) is 0 Å². The van der Waals surface area contributed by atoms with Crippen LogP contribution in [-0.2, 0) is 9.59 Å². The highest BCUT2D eigenvalue weighted by molar-refractivity contribution is 6.02. The molecule has 1 aromatic rings. The van der Waals surface area contributed by atoms with Gasteiger partial charge in [0.1, 0.15) is 12.3 Å². The topological polar surface area (TPSA) is 71.0 Å².